The Morgan fingerprint density at radius 3 is 3.00 bits per heavy atom. The predicted octanol–water partition coefficient (Wildman–Crippen LogP) is 1.69. The number of benzene rings is 1. The minimum atomic E-state index is -0.850. The first-order valence-electron chi connectivity index (χ1n) is 6.16. The number of fused-ring (bicyclic) bond motifs is 1. The zero-order valence-electron chi connectivity index (χ0n) is 10.4. The van der Waals surface area contributed by atoms with Crippen molar-refractivity contribution in [3.05, 3.63) is 36.0 Å². The molecule has 1 unspecified atom stereocenters. The van der Waals surface area contributed by atoms with Gasteiger partial charge in [0.05, 0.1) is 0 Å². The summed E-state index contributed by atoms with van der Waals surface area (Å²) in [6.07, 6.45) is 3.60. The zero-order chi connectivity index (χ0) is 13.7. The van der Waals surface area contributed by atoms with Crippen molar-refractivity contribution in [2.24, 2.45) is 0 Å². The molecule has 0 fully saturated rings. The monoisotopic (exact) mass is 260 g/mol. The lowest BCUT2D eigenvalue weighted by atomic mass is 10.0. The summed E-state index contributed by atoms with van der Waals surface area (Å²) in [4.78, 5) is 24.3. The van der Waals surface area contributed by atoms with Gasteiger partial charge < -0.3 is 15.4 Å². The van der Waals surface area contributed by atoms with E-state index in [0.29, 0.717) is 19.3 Å². The Morgan fingerprint density at radius 1 is 1.42 bits per heavy atom. The topological polar surface area (TPSA) is 82.2 Å². The molecule has 2 aromatic rings. The summed E-state index contributed by atoms with van der Waals surface area (Å²) in [7, 11) is 0. The predicted molar refractivity (Wildman–Crippen MR) is 71.9 cm³/mol. The van der Waals surface area contributed by atoms with E-state index in [0.717, 1.165) is 16.5 Å². The third kappa shape index (κ3) is 3.58. The lowest BCUT2D eigenvalue weighted by Gasteiger charge is -2.15. The van der Waals surface area contributed by atoms with Crippen LogP contribution in [-0.4, -0.2) is 28.5 Å². The van der Waals surface area contributed by atoms with Crippen LogP contribution in [0.15, 0.2) is 30.5 Å². The van der Waals surface area contributed by atoms with Crippen molar-refractivity contribution in [2.45, 2.75) is 25.3 Å². The molecule has 19 heavy (non-hydrogen) atoms. The highest BCUT2D eigenvalue weighted by molar-refractivity contribution is 5.79. The van der Waals surface area contributed by atoms with Gasteiger partial charge in [0, 0.05) is 24.2 Å². The maximum atomic E-state index is 10.6. The highest BCUT2D eigenvalue weighted by atomic mass is 16.4. The van der Waals surface area contributed by atoms with Crippen LogP contribution in [0, 0.1) is 0 Å². The van der Waals surface area contributed by atoms with E-state index in [1.54, 1.807) is 0 Å². The summed E-state index contributed by atoms with van der Waals surface area (Å²) in [5.74, 6) is -0.850. The number of aromatic nitrogens is 1. The Labute approximate surface area is 110 Å². The van der Waals surface area contributed by atoms with E-state index in [-0.39, 0.29) is 12.5 Å². The summed E-state index contributed by atoms with van der Waals surface area (Å²) < 4.78 is 0. The smallest absolute Gasteiger partial charge is 0.303 e. The summed E-state index contributed by atoms with van der Waals surface area (Å²) >= 11 is 0. The van der Waals surface area contributed by atoms with E-state index in [1.807, 2.05) is 30.5 Å². The van der Waals surface area contributed by atoms with E-state index >= 15 is 0 Å². The molecule has 0 spiro atoms. The molecular formula is C14H16N2O3. The third-order valence-corrected chi connectivity index (χ3v) is 3.11. The van der Waals surface area contributed by atoms with Gasteiger partial charge in [-0.3, -0.25) is 9.59 Å². The number of amides is 1. The van der Waals surface area contributed by atoms with Crippen molar-refractivity contribution >= 4 is 23.3 Å². The first kappa shape index (κ1) is 13.1. The number of aromatic amines is 1. The number of carbonyl (C=O) groups is 2. The summed E-state index contributed by atoms with van der Waals surface area (Å²) in [6.45, 7) is 0. The fourth-order valence-corrected chi connectivity index (χ4v) is 2.14. The molecule has 2 rings (SSSR count). The molecule has 1 aromatic heterocycles. The molecule has 100 valence electrons. The molecule has 0 saturated heterocycles. The normalized spacial score (nSPS) is 12.2. The van der Waals surface area contributed by atoms with Crippen LogP contribution >= 0.6 is 0 Å². The number of nitrogens with one attached hydrogen (secondary N) is 2. The number of rotatable bonds is 7. The van der Waals surface area contributed by atoms with Gasteiger partial charge in [-0.25, -0.2) is 0 Å². The fraction of sp³-hybridized carbons (Fsp3) is 0.286. The van der Waals surface area contributed by atoms with Crippen LogP contribution in [0.3, 0.4) is 0 Å². The second-order valence-electron chi connectivity index (χ2n) is 4.52. The maximum absolute atomic E-state index is 10.6. The molecule has 0 aliphatic carbocycles. The summed E-state index contributed by atoms with van der Waals surface area (Å²) in [5.41, 5.74) is 2.11. The first-order chi connectivity index (χ1) is 9.19. The van der Waals surface area contributed by atoms with Crippen LogP contribution < -0.4 is 5.32 Å². The van der Waals surface area contributed by atoms with Crippen LogP contribution in [-0.2, 0) is 16.0 Å². The van der Waals surface area contributed by atoms with Gasteiger partial charge in [0.1, 0.15) is 0 Å². The number of H-pyrrole nitrogens is 1. The Morgan fingerprint density at radius 2 is 2.26 bits per heavy atom. The Hall–Kier alpha value is -2.30. The molecule has 5 heteroatoms. The molecule has 0 aliphatic heterocycles. The molecule has 0 saturated carbocycles. The van der Waals surface area contributed by atoms with E-state index in [9.17, 15) is 9.59 Å². The third-order valence-electron chi connectivity index (χ3n) is 3.11. The van der Waals surface area contributed by atoms with Gasteiger partial charge in [0.15, 0.2) is 0 Å². The highest BCUT2D eigenvalue weighted by Gasteiger charge is 2.11. The lowest BCUT2D eigenvalue weighted by Crippen LogP contribution is -2.30. The van der Waals surface area contributed by atoms with Crippen LogP contribution in [0.25, 0.3) is 10.9 Å². The van der Waals surface area contributed by atoms with E-state index < -0.39 is 5.97 Å². The van der Waals surface area contributed by atoms with Gasteiger partial charge in [0.2, 0.25) is 6.41 Å². The number of carboxylic acids is 1. The minimum absolute atomic E-state index is 0.0518. The molecular weight excluding hydrogens is 244 g/mol. The van der Waals surface area contributed by atoms with Crippen molar-refractivity contribution < 1.29 is 14.7 Å². The second kappa shape index (κ2) is 6.04. The average Bonchev–Trinajstić information content (AvgIpc) is 2.83. The molecule has 0 radical (unpaired) electrons. The van der Waals surface area contributed by atoms with Gasteiger partial charge >= 0.3 is 5.97 Å². The van der Waals surface area contributed by atoms with Crippen molar-refractivity contribution in [2.75, 3.05) is 0 Å². The molecule has 0 bridgehead atoms. The van der Waals surface area contributed by atoms with E-state index in [4.69, 9.17) is 5.11 Å². The molecule has 0 aliphatic rings. The molecule has 1 amide bonds. The number of carbonyl (C=O) groups excluding carboxylic acids is 1. The highest BCUT2D eigenvalue weighted by Crippen LogP contribution is 2.16. The summed E-state index contributed by atoms with van der Waals surface area (Å²) in [6, 6.07) is 7.87. The molecule has 5 nitrogen and oxygen atoms in total. The second-order valence-corrected chi connectivity index (χ2v) is 4.52. The first-order valence-corrected chi connectivity index (χ1v) is 6.16. The fourth-order valence-electron chi connectivity index (χ4n) is 2.14. The maximum Gasteiger partial charge on any atom is 0.303 e. The van der Waals surface area contributed by atoms with Gasteiger partial charge in [0.25, 0.3) is 0 Å². The van der Waals surface area contributed by atoms with Crippen molar-refractivity contribution in [3.8, 4) is 0 Å². The van der Waals surface area contributed by atoms with Crippen molar-refractivity contribution in [3.63, 3.8) is 0 Å². The lowest BCUT2D eigenvalue weighted by molar-refractivity contribution is -0.137. The Bertz CT molecular complexity index is 577. The van der Waals surface area contributed by atoms with Crippen LogP contribution in [0.5, 0.6) is 0 Å². The number of hydrogen-bond donors (Lipinski definition) is 3. The number of hydrogen-bond acceptors (Lipinski definition) is 2. The van der Waals surface area contributed by atoms with Crippen LogP contribution in [0.2, 0.25) is 0 Å². The quantitative estimate of drug-likeness (QED) is 0.662. The van der Waals surface area contributed by atoms with Crippen molar-refractivity contribution in [1.82, 2.24) is 10.3 Å². The number of carboxylic acid groups (broad SMARTS) is 1. The Balaban J connectivity index is 2.06. The Kier molecular flexibility index (Phi) is 4.18. The van der Waals surface area contributed by atoms with Crippen LogP contribution in [0.4, 0.5) is 0 Å². The molecule has 1 aromatic carbocycles. The van der Waals surface area contributed by atoms with Gasteiger partial charge in [-0.2, -0.15) is 0 Å². The molecule has 3 N–H and O–H groups in total. The standard InChI is InChI=1S/C14H16N2O3/c17-9-16-12(3-4-14(18)19)7-10-1-2-11-5-6-15-13(11)8-10/h1-2,5-6,8-9,12,15H,3-4,7H2,(H,16,17)(H,18,19). The molecule has 1 atom stereocenters. The van der Waals surface area contributed by atoms with Crippen LogP contribution in [0.1, 0.15) is 18.4 Å². The SMILES string of the molecule is O=CNC(CCC(=O)O)Cc1ccc2cc[nH]c2c1. The van der Waals surface area contributed by atoms with Crippen molar-refractivity contribution in [1.29, 1.82) is 0 Å². The largest absolute Gasteiger partial charge is 0.481 e. The van der Waals surface area contributed by atoms with Gasteiger partial charge in [-0.05, 0) is 35.9 Å². The molecule has 1 heterocycles. The average molecular weight is 260 g/mol. The van der Waals surface area contributed by atoms with E-state index in [2.05, 4.69) is 10.3 Å². The number of aliphatic carboxylic acids is 1. The van der Waals surface area contributed by atoms with Gasteiger partial charge in [-0.1, -0.05) is 12.1 Å². The zero-order valence-corrected chi connectivity index (χ0v) is 10.4. The minimum Gasteiger partial charge on any atom is -0.481 e. The summed E-state index contributed by atoms with van der Waals surface area (Å²) in [5, 5.41) is 12.5. The van der Waals surface area contributed by atoms with Gasteiger partial charge in [-0.15, -0.1) is 0 Å². The van der Waals surface area contributed by atoms with E-state index in [1.165, 1.54) is 0 Å².